The Balaban J connectivity index is 6.46. The highest BCUT2D eigenvalue weighted by Crippen LogP contribution is 2.11. The maximum Gasteiger partial charge on any atom is 0.305 e. The molecule has 0 radical (unpaired) electrons. The maximum atomic E-state index is 13.8. The van der Waals surface area contributed by atoms with Crippen LogP contribution in [-0.4, -0.2) is 171 Å². The molecule has 0 aliphatic heterocycles. The van der Waals surface area contributed by atoms with E-state index in [2.05, 4.69) is 47.2 Å². The number of carboxylic acid groups (broad SMARTS) is 3. The molecule has 0 aliphatic carbocycles. The molecule has 0 aliphatic rings. The Labute approximate surface area is 413 Å². The number of rotatable bonds is 35. The topological polar surface area (TPSA) is 537 Å². The quantitative estimate of drug-likeness (QED) is 0.0159. The summed E-state index contributed by atoms with van der Waals surface area (Å²) in [5.74, 6) is -16.0. The van der Waals surface area contributed by atoms with Crippen LogP contribution in [0.1, 0.15) is 92.4 Å². The summed E-state index contributed by atoms with van der Waals surface area (Å²) in [6.45, 7) is 6.66. The molecule has 0 unspecified atom stereocenters. The molecule has 0 bridgehead atoms. The van der Waals surface area contributed by atoms with Gasteiger partial charge in [-0.2, -0.15) is 0 Å². The summed E-state index contributed by atoms with van der Waals surface area (Å²) in [5, 5.41) is 56.8. The monoisotopic (exact) mass is 1030 g/mol. The highest BCUT2D eigenvalue weighted by molar-refractivity contribution is 6.00. The number of nitrogens with zero attached hydrogens (tertiary/aromatic N) is 2. The molecule has 0 saturated heterocycles. The van der Waals surface area contributed by atoms with Crippen LogP contribution >= 0.6 is 0 Å². The molecule has 9 amide bonds. The number of nitrogens with two attached hydrogens (primary N) is 5. The van der Waals surface area contributed by atoms with Crippen molar-refractivity contribution in [2.45, 2.75) is 141 Å². The number of carbonyl (C=O) groups is 12. The number of aliphatic imine (C=N–C) groups is 2. The number of hydrogen-bond donors (Lipinski definition) is 17. The zero-order chi connectivity index (χ0) is 55.4. The molecular weight excluding hydrogens is 959 g/mol. The number of amides is 9. The zero-order valence-electron chi connectivity index (χ0n) is 40.7. The standard InChI is InChI=1S/C41H71N15O16/c1-18(2)12-23(34(67)50-21(32(42)65)8-6-10-47-40(43)44)52-39(72)28(17-57)56-38(71)27(16-31(63)64)54-35(68)24(13-19(3)4)51-36(69)26(15-30(61)62)55-37(70)25(14-29(59)60)53-33(66)22(49-20(5)58)9-7-11-48-41(45)46/h18-19,21-28,57H,6-17H2,1-5H3,(H2,42,65)(H,49,58)(H,50,67)(H,51,69)(H,52,72)(H,53,66)(H,54,68)(H,55,70)(H,56,71)(H,59,60)(H,61,62)(H,63,64)(H4,43,44,47)(H4,45,46,48)/t21-,22-,23-,24-,25-,26-,27-,28-/m0/s1. The lowest BCUT2D eigenvalue weighted by atomic mass is 10.0. The maximum absolute atomic E-state index is 13.8. The largest absolute Gasteiger partial charge is 0.481 e. The lowest BCUT2D eigenvalue weighted by Crippen LogP contribution is -2.61. The smallest absolute Gasteiger partial charge is 0.305 e. The lowest BCUT2D eigenvalue weighted by Gasteiger charge is -2.28. The Hall–Kier alpha value is -7.86. The van der Waals surface area contributed by atoms with Crippen molar-refractivity contribution in [2.24, 2.45) is 50.5 Å². The van der Waals surface area contributed by atoms with Gasteiger partial charge in [0.15, 0.2) is 11.9 Å². The lowest BCUT2D eigenvalue weighted by molar-refractivity contribution is -0.144. The third-order valence-corrected chi connectivity index (χ3v) is 9.78. The molecule has 0 aromatic heterocycles. The van der Waals surface area contributed by atoms with Crippen molar-refractivity contribution in [3.05, 3.63) is 0 Å². The van der Waals surface area contributed by atoms with E-state index in [0.717, 1.165) is 6.92 Å². The Bertz CT molecular complexity index is 1990. The van der Waals surface area contributed by atoms with Crippen molar-refractivity contribution in [3.8, 4) is 0 Å². The molecule has 0 fully saturated rings. The van der Waals surface area contributed by atoms with E-state index in [4.69, 9.17) is 28.7 Å². The molecule has 0 spiro atoms. The molecule has 0 rings (SSSR count). The van der Waals surface area contributed by atoms with Crippen molar-refractivity contribution >= 4 is 83.0 Å². The van der Waals surface area contributed by atoms with Gasteiger partial charge in [0.05, 0.1) is 25.9 Å². The van der Waals surface area contributed by atoms with Gasteiger partial charge in [-0.1, -0.05) is 27.7 Å². The van der Waals surface area contributed by atoms with Gasteiger partial charge >= 0.3 is 17.9 Å². The molecule has 31 nitrogen and oxygen atoms in total. The minimum atomic E-state index is -2.06. The molecule has 0 heterocycles. The number of guanidine groups is 2. The van der Waals surface area contributed by atoms with Gasteiger partial charge in [-0.05, 0) is 50.4 Å². The van der Waals surface area contributed by atoms with Gasteiger partial charge in [-0.3, -0.25) is 67.5 Å². The Morgan fingerprint density at radius 1 is 0.417 bits per heavy atom. The number of aliphatic hydroxyl groups is 1. The first-order chi connectivity index (χ1) is 33.5. The van der Waals surface area contributed by atoms with Gasteiger partial charge < -0.3 is 91.6 Å². The fraction of sp³-hybridized carbons (Fsp3) is 0.659. The first kappa shape index (κ1) is 64.1. The van der Waals surface area contributed by atoms with E-state index in [1.807, 2.05) is 5.32 Å². The summed E-state index contributed by atoms with van der Waals surface area (Å²) in [5.41, 5.74) is 26.7. The average Bonchev–Trinajstić information content (AvgIpc) is 3.24. The number of primary amides is 1. The number of carboxylic acids is 3. The fourth-order valence-corrected chi connectivity index (χ4v) is 6.46. The van der Waals surface area contributed by atoms with E-state index in [1.165, 1.54) is 0 Å². The zero-order valence-corrected chi connectivity index (χ0v) is 40.7. The Morgan fingerprint density at radius 2 is 0.694 bits per heavy atom. The minimum Gasteiger partial charge on any atom is -0.481 e. The normalized spacial score (nSPS) is 14.2. The van der Waals surface area contributed by atoms with Crippen molar-refractivity contribution in [1.82, 2.24) is 42.5 Å². The van der Waals surface area contributed by atoms with Crippen LogP contribution in [0.3, 0.4) is 0 Å². The molecule has 0 aromatic carbocycles. The van der Waals surface area contributed by atoms with Gasteiger partial charge in [-0.15, -0.1) is 0 Å². The Kier molecular flexibility index (Phi) is 29.3. The van der Waals surface area contributed by atoms with E-state index in [1.54, 1.807) is 27.7 Å². The predicted molar refractivity (Wildman–Crippen MR) is 253 cm³/mol. The van der Waals surface area contributed by atoms with Crippen LogP contribution in [0.25, 0.3) is 0 Å². The second kappa shape index (κ2) is 32.9. The third-order valence-electron chi connectivity index (χ3n) is 9.78. The number of carbonyl (C=O) groups excluding carboxylic acids is 9. The van der Waals surface area contributed by atoms with Crippen molar-refractivity contribution in [1.29, 1.82) is 0 Å². The van der Waals surface area contributed by atoms with Crippen LogP contribution < -0.4 is 71.2 Å². The van der Waals surface area contributed by atoms with Crippen molar-refractivity contribution in [2.75, 3.05) is 19.7 Å². The number of aliphatic hydroxyl groups excluding tert-OH is 1. The number of hydrogen-bond acceptors (Lipinski definition) is 15. The third kappa shape index (κ3) is 27.4. The van der Waals surface area contributed by atoms with E-state index < -0.39 is 151 Å². The molecule has 0 aromatic rings. The second-order valence-electron chi connectivity index (χ2n) is 17.2. The molecule has 406 valence electrons. The van der Waals surface area contributed by atoms with Crippen LogP contribution in [-0.2, 0) is 57.5 Å². The molecule has 31 heteroatoms. The van der Waals surface area contributed by atoms with E-state index in [-0.39, 0.29) is 69.5 Å². The summed E-state index contributed by atoms with van der Waals surface area (Å²) in [6, 6.07) is -13.5. The second-order valence-corrected chi connectivity index (χ2v) is 17.2. The van der Waals surface area contributed by atoms with Gasteiger partial charge in [0.2, 0.25) is 53.2 Å². The van der Waals surface area contributed by atoms with E-state index in [9.17, 15) is 78.0 Å². The number of nitrogens with one attached hydrogen (secondary N) is 8. The average molecular weight is 1030 g/mol. The summed E-state index contributed by atoms with van der Waals surface area (Å²) < 4.78 is 0. The SMILES string of the molecule is CC(=O)N[C@@H](CCCN=C(N)N)C(=O)N[C@@H](CC(=O)O)C(=O)N[C@@H](CC(=O)O)C(=O)N[C@@H](CC(C)C)C(=O)N[C@@H](CC(=O)O)C(=O)N[C@@H](CO)C(=O)N[C@@H](CC(C)C)C(=O)N[C@@H](CCCN=C(N)N)C(N)=O. The molecule has 0 saturated carbocycles. The van der Waals surface area contributed by atoms with E-state index >= 15 is 0 Å². The van der Waals surface area contributed by atoms with Gasteiger partial charge in [0.1, 0.15) is 48.3 Å². The van der Waals surface area contributed by atoms with Crippen LogP contribution in [0.2, 0.25) is 0 Å². The first-order valence-corrected chi connectivity index (χ1v) is 22.5. The van der Waals surface area contributed by atoms with Crippen LogP contribution in [0, 0.1) is 11.8 Å². The summed E-state index contributed by atoms with van der Waals surface area (Å²) in [6.07, 6.45) is -3.40. The van der Waals surface area contributed by atoms with Gasteiger partial charge in [-0.25, -0.2) is 0 Å². The van der Waals surface area contributed by atoms with Crippen LogP contribution in [0.5, 0.6) is 0 Å². The highest BCUT2D eigenvalue weighted by atomic mass is 16.4. The summed E-state index contributed by atoms with van der Waals surface area (Å²) >= 11 is 0. The van der Waals surface area contributed by atoms with E-state index in [0.29, 0.717) is 0 Å². The molecule has 8 atom stereocenters. The van der Waals surface area contributed by atoms with Crippen molar-refractivity contribution < 1.29 is 78.0 Å². The van der Waals surface area contributed by atoms with Crippen LogP contribution in [0.4, 0.5) is 0 Å². The molecular formula is C41H71N15O16. The molecule has 72 heavy (non-hydrogen) atoms. The minimum absolute atomic E-state index is 0.0123. The van der Waals surface area contributed by atoms with Gasteiger partial charge in [0, 0.05) is 20.0 Å². The summed E-state index contributed by atoms with van der Waals surface area (Å²) in [7, 11) is 0. The Morgan fingerprint density at radius 3 is 0.986 bits per heavy atom. The number of aliphatic carboxylic acids is 3. The van der Waals surface area contributed by atoms with Crippen LogP contribution in [0.15, 0.2) is 9.98 Å². The predicted octanol–water partition coefficient (Wildman–Crippen LogP) is -7.01. The van der Waals surface area contributed by atoms with Gasteiger partial charge in [0.25, 0.3) is 0 Å². The highest BCUT2D eigenvalue weighted by Gasteiger charge is 2.36. The van der Waals surface area contributed by atoms with Crippen molar-refractivity contribution in [3.63, 3.8) is 0 Å². The molecule has 22 N–H and O–H groups in total. The summed E-state index contributed by atoms with van der Waals surface area (Å²) in [4.78, 5) is 162. The first-order valence-electron chi connectivity index (χ1n) is 22.5. The fourth-order valence-electron chi connectivity index (χ4n) is 6.46.